The zero-order chi connectivity index (χ0) is 10.3. The van der Waals surface area contributed by atoms with Crippen molar-refractivity contribution in [3.63, 3.8) is 0 Å². The summed E-state index contributed by atoms with van der Waals surface area (Å²) in [5.41, 5.74) is -0.563. The lowest BCUT2D eigenvalue weighted by Gasteiger charge is -2.25. The van der Waals surface area contributed by atoms with E-state index in [1.54, 1.807) is 0 Å². The first-order valence-electron chi connectivity index (χ1n) is 4.94. The quantitative estimate of drug-likeness (QED) is 0.642. The highest BCUT2D eigenvalue weighted by atomic mass is 32.2. The molecule has 0 unspecified atom stereocenters. The van der Waals surface area contributed by atoms with Crippen LogP contribution in [0.4, 0.5) is 0 Å². The molecule has 0 rings (SSSR count). The Hall–Kier alpha value is 0.270. The fourth-order valence-corrected chi connectivity index (χ4v) is 1.94. The van der Waals surface area contributed by atoms with Crippen molar-refractivity contribution in [2.24, 2.45) is 0 Å². The van der Waals surface area contributed by atoms with Gasteiger partial charge in [0.1, 0.15) is 0 Å². The number of thioether (sulfide) groups is 1. The van der Waals surface area contributed by atoms with Gasteiger partial charge in [0.25, 0.3) is 0 Å². The molecule has 0 spiro atoms. The average molecular weight is 205 g/mol. The van der Waals surface area contributed by atoms with Crippen molar-refractivity contribution in [2.45, 2.75) is 32.8 Å². The minimum absolute atomic E-state index is 0.563. The van der Waals surface area contributed by atoms with E-state index in [1.807, 2.05) is 25.6 Å². The van der Waals surface area contributed by atoms with Gasteiger partial charge in [-0.05, 0) is 45.4 Å². The van der Waals surface area contributed by atoms with Crippen LogP contribution in [0.15, 0.2) is 0 Å². The maximum Gasteiger partial charge on any atom is 0.0718 e. The summed E-state index contributed by atoms with van der Waals surface area (Å²) in [5, 5.41) is 9.54. The normalized spacial score (nSPS) is 12.5. The maximum atomic E-state index is 9.54. The Labute approximate surface area is 86.7 Å². The van der Waals surface area contributed by atoms with Gasteiger partial charge in [-0.2, -0.15) is 11.8 Å². The summed E-state index contributed by atoms with van der Waals surface area (Å²) < 4.78 is 0. The van der Waals surface area contributed by atoms with Crippen LogP contribution in [0.5, 0.6) is 0 Å². The lowest BCUT2D eigenvalue weighted by Crippen LogP contribution is -2.36. The highest BCUT2D eigenvalue weighted by Crippen LogP contribution is 2.05. The van der Waals surface area contributed by atoms with Crippen LogP contribution in [0.3, 0.4) is 0 Å². The van der Waals surface area contributed by atoms with E-state index in [9.17, 15) is 5.11 Å². The Morgan fingerprint density at radius 3 is 2.46 bits per heavy atom. The van der Waals surface area contributed by atoms with Crippen LogP contribution in [-0.2, 0) is 0 Å². The highest BCUT2D eigenvalue weighted by molar-refractivity contribution is 7.99. The van der Waals surface area contributed by atoms with Crippen LogP contribution in [0.1, 0.15) is 27.2 Å². The third-order valence-electron chi connectivity index (χ3n) is 1.69. The molecule has 0 aliphatic carbocycles. The first-order chi connectivity index (χ1) is 5.95. The van der Waals surface area contributed by atoms with Gasteiger partial charge >= 0.3 is 0 Å². The Kier molecular flexibility index (Phi) is 6.82. The summed E-state index contributed by atoms with van der Waals surface area (Å²) >= 11 is 1.98. The van der Waals surface area contributed by atoms with Crippen LogP contribution < -0.4 is 0 Å². The van der Waals surface area contributed by atoms with Crippen LogP contribution in [-0.4, -0.2) is 47.3 Å². The minimum Gasteiger partial charge on any atom is -0.389 e. The molecule has 0 fully saturated rings. The molecule has 0 saturated carbocycles. The van der Waals surface area contributed by atoms with Gasteiger partial charge in [0, 0.05) is 6.54 Å². The summed E-state index contributed by atoms with van der Waals surface area (Å²) in [4.78, 5) is 2.19. The molecule has 0 aromatic rings. The molecule has 0 amide bonds. The fraction of sp³-hybridized carbons (Fsp3) is 1.00. The molecule has 0 atom stereocenters. The monoisotopic (exact) mass is 205 g/mol. The molecule has 3 heteroatoms. The van der Waals surface area contributed by atoms with E-state index in [0.717, 1.165) is 13.1 Å². The standard InChI is InChI=1S/C10H23NOS/c1-5-13-8-6-7-11(4)9-10(2,3)12/h12H,5-9H2,1-4H3. The molecule has 80 valence electrons. The van der Waals surface area contributed by atoms with Crippen molar-refractivity contribution in [3.05, 3.63) is 0 Å². The number of likely N-dealkylation sites (N-methyl/N-ethyl adjacent to an activating group) is 1. The van der Waals surface area contributed by atoms with Crippen LogP contribution in [0, 0.1) is 0 Å². The molecule has 2 nitrogen and oxygen atoms in total. The second kappa shape index (κ2) is 6.68. The van der Waals surface area contributed by atoms with Gasteiger partial charge in [-0.1, -0.05) is 6.92 Å². The van der Waals surface area contributed by atoms with Crippen molar-refractivity contribution < 1.29 is 5.11 Å². The van der Waals surface area contributed by atoms with E-state index in [0.29, 0.717) is 0 Å². The van der Waals surface area contributed by atoms with E-state index in [4.69, 9.17) is 0 Å². The van der Waals surface area contributed by atoms with Crippen molar-refractivity contribution in [3.8, 4) is 0 Å². The van der Waals surface area contributed by atoms with Crippen molar-refractivity contribution in [2.75, 3.05) is 31.6 Å². The van der Waals surface area contributed by atoms with E-state index >= 15 is 0 Å². The molecule has 0 bridgehead atoms. The summed E-state index contributed by atoms with van der Waals surface area (Å²) in [6, 6.07) is 0. The predicted molar refractivity (Wildman–Crippen MR) is 61.4 cm³/mol. The number of aliphatic hydroxyl groups is 1. The molecule has 0 aromatic heterocycles. The molecular weight excluding hydrogens is 182 g/mol. The minimum atomic E-state index is -0.563. The molecule has 13 heavy (non-hydrogen) atoms. The van der Waals surface area contributed by atoms with Crippen molar-refractivity contribution in [1.82, 2.24) is 4.90 Å². The van der Waals surface area contributed by atoms with E-state index in [2.05, 4.69) is 18.9 Å². The second-order valence-corrected chi connectivity index (χ2v) is 5.49. The van der Waals surface area contributed by atoms with Gasteiger partial charge < -0.3 is 10.0 Å². The smallest absolute Gasteiger partial charge is 0.0718 e. The summed E-state index contributed by atoms with van der Waals surface area (Å²) in [5.74, 6) is 2.43. The van der Waals surface area contributed by atoms with Gasteiger partial charge in [-0.3, -0.25) is 0 Å². The van der Waals surface area contributed by atoms with Crippen molar-refractivity contribution >= 4 is 11.8 Å². The summed E-state index contributed by atoms with van der Waals surface area (Å²) in [7, 11) is 2.06. The number of hydrogen-bond donors (Lipinski definition) is 1. The Morgan fingerprint density at radius 2 is 2.00 bits per heavy atom. The number of nitrogens with zero attached hydrogens (tertiary/aromatic N) is 1. The largest absolute Gasteiger partial charge is 0.389 e. The molecule has 1 N–H and O–H groups in total. The number of rotatable bonds is 7. The molecule has 0 aliphatic rings. The SMILES string of the molecule is CCSCCCN(C)CC(C)(C)O. The topological polar surface area (TPSA) is 23.5 Å². The molecule has 0 aromatic carbocycles. The van der Waals surface area contributed by atoms with Crippen LogP contribution in [0.25, 0.3) is 0 Å². The maximum absolute atomic E-state index is 9.54. The van der Waals surface area contributed by atoms with Crippen LogP contribution >= 0.6 is 11.8 Å². The lowest BCUT2D eigenvalue weighted by molar-refractivity contribution is 0.0448. The van der Waals surface area contributed by atoms with Crippen LogP contribution in [0.2, 0.25) is 0 Å². The molecule has 0 radical (unpaired) electrons. The average Bonchev–Trinajstić information content (AvgIpc) is 1.94. The lowest BCUT2D eigenvalue weighted by atomic mass is 10.1. The zero-order valence-corrected chi connectivity index (χ0v) is 10.2. The van der Waals surface area contributed by atoms with Gasteiger partial charge in [0.05, 0.1) is 5.60 Å². The Balaban J connectivity index is 3.35. The predicted octanol–water partition coefficient (Wildman–Crippen LogP) is 1.83. The van der Waals surface area contributed by atoms with Gasteiger partial charge in [0.15, 0.2) is 0 Å². The zero-order valence-electron chi connectivity index (χ0n) is 9.34. The fourth-order valence-electron chi connectivity index (χ4n) is 1.32. The molecular formula is C10H23NOS. The van der Waals surface area contributed by atoms with E-state index < -0.39 is 5.60 Å². The van der Waals surface area contributed by atoms with Gasteiger partial charge in [-0.25, -0.2) is 0 Å². The molecule has 0 heterocycles. The summed E-state index contributed by atoms with van der Waals surface area (Å²) in [6.45, 7) is 7.72. The third-order valence-corrected chi connectivity index (χ3v) is 2.68. The first-order valence-corrected chi connectivity index (χ1v) is 6.10. The molecule has 0 saturated heterocycles. The van der Waals surface area contributed by atoms with Crippen molar-refractivity contribution in [1.29, 1.82) is 0 Å². The summed E-state index contributed by atoms with van der Waals surface area (Å²) in [6.07, 6.45) is 1.21. The Bertz CT molecular complexity index is 123. The molecule has 0 aliphatic heterocycles. The number of hydrogen-bond acceptors (Lipinski definition) is 3. The van der Waals surface area contributed by atoms with Gasteiger partial charge in [0.2, 0.25) is 0 Å². The first kappa shape index (κ1) is 13.3. The van der Waals surface area contributed by atoms with E-state index in [1.165, 1.54) is 17.9 Å². The van der Waals surface area contributed by atoms with E-state index in [-0.39, 0.29) is 0 Å². The third kappa shape index (κ3) is 10.2. The van der Waals surface area contributed by atoms with Gasteiger partial charge in [-0.15, -0.1) is 0 Å². The Morgan fingerprint density at radius 1 is 1.38 bits per heavy atom. The second-order valence-electron chi connectivity index (χ2n) is 4.10. The highest BCUT2D eigenvalue weighted by Gasteiger charge is 2.14.